The second-order valence-electron chi connectivity index (χ2n) is 3.54. The molecular formula is C10H12S4. The normalized spacial score (nSPS) is 26.0. The predicted molar refractivity (Wildman–Crippen MR) is 73.6 cm³/mol. The van der Waals surface area contributed by atoms with Crippen molar-refractivity contribution < 1.29 is 0 Å². The molecule has 2 rings (SSSR count). The fourth-order valence-corrected chi connectivity index (χ4v) is 3.68. The Bertz CT molecular complexity index is 326. The zero-order valence-corrected chi connectivity index (χ0v) is 11.1. The topological polar surface area (TPSA) is 0 Å². The van der Waals surface area contributed by atoms with Crippen LogP contribution >= 0.6 is 50.5 Å². The molecule has 1 aromatic rings. The van der Waals surface area contributed by atoms with E-state index < -0.39 is 0 Å². The van der Waals surface area contributed by atoms with E-state index in [-0.39, 0.29) is 10.5 Å². The number of benzene rings is 1. The van der Waals surface area contributed by atoms with Crippen molar-refractivity contribution in [3.05, 3.63) is 23.3 Å². The molecule has 76 valence electrons. The SMILES string of the molecule is Sc1ccc(S)c2c1C(S)CCC2S. The molecule has 0 aliphatic heterocycles. The first-order valence-electron chi connectivity index (χ1n) is 4.52. The van der Waals surface area contributed by atoms with Gasteiger partial charge in [0, 0.05) is 20.3 Å². The summed E-state index contributed by atoms with van der Waals surface area (Å²) in [6.07, 6.45) is 2.13. The van der Waals surface area contributed by atoms with Crippen molar-refractivity contribution in [2.24, 2.45) is 0 Å². The van der Waals surface area contributed by atoms with Crippen molar-refractivity contribution in [1.82, 2.24) is 0 Å². The van der Waals surface area contributed by atoms with Gasteiger partial charge in [0.05, 0.1) is 0 Å². The van der Waals surface area contributed by atoms with Crippen LogP contribution in [-0.4, -0.2) is 0 Å². The molecule has 0 nitrogen and oxygen atoms in total. The maximum absolute atomic E-state index is 4.58. The molecule has 0 heterocycles. The fourth-order valence-electron chi connectivity index (χ4n) is 1.92. The van der Waals surface area contributed by atoms with Crippen LogP contribution < -0.4 is 0 Å². The Hall–Kier alpha value is 0.620. The minimum atomic E-state index is 0.285. The van der Waals surface area contributed by atoms with E-state index in [2.05, 4.69) is 50.5 Å². The molecule has 2 unspecified atom stereocenters. The van der Waals surface area contributed by atoms with Gasteiger partial charge in [0.15, 0.2) is 0 Å². The standard InChI is InChI=1S/C10H12S4/c11-5-1-2-6(12)10-8(14)4-3-7(13)9(5)10/h1-2,7-8,11-14H,3-4H2. The van der Waals surface area contributed by atoms with Gasteiger partial charge in [-0.1, -0.05) is 0 Å². The minimum absolute atomic E-state index is 0.285. The summed E-state index contributed by atoms with van der Waals surface area (Å²) >= 11 is 18.1. The second-order valence-corrected chi connectivity index (χ2v) is 5.75. The van der Waals surface area contributed by atoms with Crippen LogP contribution in [0.2, 0.25) is 0 Å². The molecule has 14 heavy (non-hydrogen) atoms. The Morgan fingerprint density at radius 1 is 0.857 bits per heavy atom. The third-order valence-corrected chi connectivity index (χ3v) is 4.43. The van der Waals surface area contributed by atoms with Gasteiger partial charge in [-0.3, -0.25) is 0 Å². The highest BCUT2D eigenvalue weighted by molar-refractivity contribution is 7.82. The number of hydrogen-bond donors (Lipinski definition) is 4. The quantitative estimate of drug-likeness (QED) is 0.498. The number of hydrogen-bond acceptors (Lipinski definition) is 4. The van der Waals surface area contributed by atoms with E-state index in [1.807, 2.05) is 12.1 Å². The highest BCUT2D eigenvalue weighted by atomic mass is 32.1. The average molecular weight is 260 g/mol. The maximum atomic E-state index is 4.58. The van der Waals surface area contributed by atoms with Crippen LogP contribution in [0.3, 0.4) is 0 Å². The van der Waals surface area contributed by atoms with Gasteiger partial charge in [-0.15, -0.1) is 25.3 Å². The summed E-state index contributed by atoms with van der Waals surface area (Å²) in [5, 5.41) is 0.570. The van der Waals surface area contributed by atoms with Gasteiger partial charge < -0.3 is 0 Å². The van der Waals surface area contributed by atoms with Crippen molar-refractivity contribution in [2.45, 2.75) is 33.1 Å². The number of thiol groups is 4. The van der Waals surface area contributed by atoms with Crippen molar-refractivity contribution in [1.29, 1.82) is 0 Å². The molecule has 1 aromatic carbocycles. The van der Waals surface area contributed by atoms with E-state index >= 15 is 0 Å². The third-order valence-electron chi connectivity index (χ3n) is 2.62. The van der Waals surface area contributed by atoms with Gasteiger partial charge in [-0.25, -0.2) is 0 Å². The van der Waals surface area contributed by atoms with E-state index in [9.17, 15) is 0 Å². The van der Waals surface area contributed by atoms with E-state index in [1.165, 1.54) is 11.1 Å². The van der Waals surface area contributed by atoms with E-state index in [4.69, 9.17) is 0 Å². The summed E-state index contributed by atoms with van der Waals surface area (Å²) in [6, 6.07) is 3.97. The minimum Gasteiger partial charge on any atom is -0.171 e. The van der Waals surface area contributed by atoms with Crippen LogP contribution in [0.1, 0.15) is 34.5 Å². The lowest BCUT2D eigenvalue weighted by Gasteiger charge is -2.28. The molecule has 0 saturated heterocycles. The molecule has 4 heteroatoms. The first kappa shape index (κ1) is 11.1. The van der Waals surface area contributed by atoms with Crippen molar-refractivity contribution in [3.63, 3.8) is 0 Å². The van der Waals surface area contributed by atoms with Gasteiger partial charge >= 0.3 is 0 Å². The highest BCUT2D eigenvalue weighted by Gasteiger charge is 2.26. The zero-order valence-electron chi connectivity index (χ0n) is 7.51. The van der Waals surface area contributed by atoms with Crippen LogP contribution in [0.15, 0.2) is 21.9 Å². The van der Waals surface area contributed by atoms with Crippen LogP contribution in [0.4, 0.5) is 0 Å². The van der Waals surface area contributed by atoms with Gasteiger partial charge in [-0.2, -0.15) is 25.3 Å². The molecule has 0 N–H and O–H groups in total. The van der Waals surface area contributed by atoms with E-state index in [0.717, 1.165) is 22.6 Å². The maximum Gasteiger partial charge on any atom is 0.0282 e. The smallest absolute Gasteiger partial charge is 0.0282 e. The first-order valence-corrected chi connectivity index (χ1v) is 6.45. The monoisotopic (exact) mass is 260 g/mol. The van der Waals surface area contributed by atoms with Crippen molar-refractivity contribution in [2.75, 3.05) is 0 Å². The summed E-state index contributed by atoms with van der Waals surface area (Å²) in [5.74, 6) is 0. The molecule has 0 amide bonds. The molecule has 0 saturated carbocycles. The largest absolute Gasteiger partial charge is 0.171 e. The molecule has 2 atom stereocenters. The van der Waals surface area contributed by atoms with E-state index in [0.29, 0.717) is 0 Å². The second kappa shape index (κ2) is 4.24. The summed E-state index contributed by atoms with van der Waals surface area (Å²) in [5.41, 5.74) is 2.44. The Morgan fingerprint density at radius 2 is 1.21 bits per heavy atom. The van der Waals surface area contributed by atoms with Gasteiger partial charge in [-0.05, 0) is 36.1 Å². The Morgan fingerprint density at radius 3 is 1.57 bits per heavy atom. The lowest BCUT2D eigenvalue weighted by atomic mass is 9.90. The molecule has 0 aromatic heterocycles. The molecular weight excluding hydrogens is 248 g/mol. The fraction of sp³-hybridized carbons (Fsp3) is 0.400. The molecule has 1 aliphatic carbocycles. The lowest BCUT2D eigenvalue weighted by Crippen LogP contribution is -2.09. The molecule has 0 fully saturated rings. The summed E-state index contributed by atoms with van der Waals surface area (Å²) in [4.78, 5) is 2.02. The van der Waals surface area contributed by atoms with Crippen LogP contribution in [0, 0.1) is 0 Å². The van der Waals surface area contributed by atoms with Crippen LogP contribution in [-0.2, 0) is 0 Å². The summed E-state index contributed by atoms with van der Waals surface area (Å²) in [7, 11) is 0. The van der Waals surface area contributed by atoms with Gasteiger partial charge in [0.1, 0.15) is 0 Å². The Labute approximate surface area is 107 Å². The number of rotatable bonds is 0. The highest BCUT2D eigenvalue weighted by Crippen LogP contribution is 2.47. The van der Waals surface area contributed by atoms with Crippen molar-refractivity contribution >= 4 is 50.5 Å². The average Bonchev–Trinajstić information content (AvgIpc) is 2.16. The lowest BCUT2D eigenvalue weighted by molar-refractivity contribution is 0.649. The van der Waals surface area contributed by atoms with Crippen LogP contribution in [0.25, 0.3) is 0 Å². The summed E-state index contributed by atoms with van der Waals surface area (Å²) < 4.78 is 0. The first-order chi connectivity index (χ1) is 6.61. The van der Waals surface area contributed by atoms with Gasteiger partial charge in [0.2, 0.25) is 0 Å². The van der Waals surface area contributed by atoms with Gasteiger partial charge in [0.25, 0.3) is 0 Å². The predicted octanol–water partition coefficient (Wildman–Crippen LogP) is 4.00. The van der Waals surface area contributed by atoms with E-state index in [1.54, 1.807) is 0 Å². The molecule has 1 aliphatic rings. The van der Waals surface area contributed by atoms with Crippen LogP contribution in [0.5, 0.6) is 0 Å². The van der Waals surface area contributed by atoms with Crippen molar-refractivity contribution in [3.8, 4) is 0 Å². The Balaban J connectivity index is 2.65. The number of fused-ring (bicyclic) bond motifs is 1. The Kier molecular flexibility index (Phi) is 3.37. The molecule has 0 radical (unpaired) electrons. The molecule has 0 bridgehead atoms. The third kappa shape index (κ3) is 1.82. The molecule has 0 spiro atoms. The zero-order chi connectivity index (χ0) is 10.3. The summed E-state index contributed by atoms with van der Waals surface area (Å²) in [6.45, 7) is 0.